The van der Waals surface area contributed by atoms with Crippen LogP contribution in [-0.2, 0) is 0 Å². The third-order valence-electron chi connectivity index (χ3n) is 10.4. The summed E-state index contributed by atoms with van der Waals surface area (Å²) in [6.45, 7) is 0. The van der Waals surface area contributed by atoms with E-state index in [4.69, 9.17) is 0 Å². The molecule has 3 aromatic heterocycles. The standard InChI is InChI=1S/C48H30N2S2/c1-2-12-31(13-3-1)35-27-28-43(47-39-17-7-11-21-45(39)52-48(35)47)49(34-26-29-46-40(30-34)38-16-6-10-20-44(38)51-46)32-22-24-33(25-23-32)50-41-18-8-4-14-36(41)37-15-5-9-19-42(37)50/h1-30H. The van der Waals surface area contributed by atoms with Gasteiger partial charge < -0.3 is 9.47 Å². The molecule has 0 N–H and O–H groups in total. The van der Waals surface area contributed by atoms with E-state index < -0.39 is 0 Å². The van der Waals surface area contributed by atoms with Gasteiger partial charge in [-0.2, -0.15) is 0 Å². The van der Waals surface area contributed by atoms with Crippen LogP contribution in [0.5, 0.6) is 0 Å². The Morgan fingerprint density at radius 3 is 1.71 bits per heavy atom. The van der Waals surface area contributed by atoms with Crippen molar-refractivity contribution < 1.29 is 0 Å². The van der Waals surface area contributed by atoms with Crippen LogP contribution in [0.1, 0.15) is 0 Å². The van der Waals surface area contributed by atoms with E-state index in [1.807, 2.05) is 22.7 Å². The minimum atomic E-state index is 1.12. The molecule has 0 saturated carbocycles. The van der Waals surface area contributed by atoms with Crippen LogP contribution in [0, 0.1) is 0 Å². The lowest BCUT2D eigenvalue weighted by molar-refractivity contribution is 1.17. The number of benzene rings is 8. The molecule has 3 heterocycles. The van der Waals surface area contributed by atoms with Crippen LogP contribution < -0.4 is 4.90 Å². The number of fused-ring (bicyclic) bond motifs is 9. The second-order valence-corrected chi connectivity index (χ2v) is 15.4. The fourth-order valence-electron chi connectivity index (χ4n) is 8.07. The molecule has 11 rings (SSSR count). The van der Waals surface area contributed by atoms with E-state index in [-0.39, 0.29) is 0 Å². The molecular weight excluding hydrogens is 669 g/mol. The summed E-state index contributed by atoms with van der Waals surface area (Å²) in [7, 11) is 0. The molecule has 4 heteroatoms. The van der Waals surface area contributed by atoms with Gasteiger partial charge in [-0.25, -0.2) is 0 Å². The van der Waals surface area contributed by atoms with Crippen LogP contribution in [-0.4, -0.2) is 4.57 Å². The first-order valence-electron chi connectivity index (χ1n) is 17.6. The maximum atomic E-state index is 2.47. The summed E-state index contributed by atoms with van der Waals surface area (Å²) in [5.74, 6) is 0. The van der Waals surface area contributed by atoms with Gasteiger partial charge in [0.1, 0.15) is 0 Å². The lowest BCUT2D eigenvalue weighted by atomic mass is 10.00. The largest absolute Gasteiger partial charge is 0.310 e. The van der Waals surface area contributed by atoms with Crippen molar-refractivity contribution >= 4 is 102 Å². The number of rotatable bonds is 5. The number of para-hydroxylation sites is 2. The maximum Gasteiger partial charge on any atom is 0.0555 e. The number of hydrogen-bond donors (Lipinski definition) is 0. The van der Waals surface area contributed by atoms with Crippen molar-refractivity contribution in [3.05, 3.63) is 182 Å². The molecule has 0 amide bonds. The second kappa shape index (κ2) is 11.7. The number of anilines is 3. The van der Waals surface area contributed by atoms with E-state index in [1.54, 1.807) is 0 Å². The third kappa shape index (κ3) is 4.48. The van der Waals surface area contributed by atoms with Crippen LogP contribution in [0.3, 0.4) is 0 Å². The Kier molecular flexibility index (Phi) is 6.63. The third-order valence-corrected chi connectivity index (χ3v) is 12.8. The van der Waals surface area contributed by atoms with E-state index in [0.29, 0.717) is 0 Å². The van der Waals surface area contributed by atoms with Gasteiger partial charge in [0.2, 0.25) is 0 Å². The number of aromatic nitrogens is 1. The monoisotopic (exact) mass is 698 g/mol. The van der Waals surface area contributed by atoms with Gasteiger partial charge in [-0.05, 0) is 83.9 Å². The van der Waals surface area contributed by atoms with E-state index in [2.05, 4.69) is 191 Å². The van der Waals surface area contributed by atoms with Crippen molar-refractivity contribution in [2.75, 3.05) is 4.90 Å². The highest BCUT2D eigenvalue weighted by atomic mass is 32.1. The van der Waals surface area contributed by atoms with Crippen LogP contribution >= 0.6 is 22.7 Å². The summed E-state index contributed by atoms with van der Waals surface area (Å²) in [4.78, 5) is 2.47. The lowest BCUT2D eigenvalue weighted by Gasteiger charge is -2.27. The SMILES string of the molecule is c1ccc(-c2ccc(N(c3ccc(-n4c5ccccc5c5ccccc54)cc3)c3ccc4sc5ccccc5c4c3)c3c2sc2ccccc23)cc1. The fourth-order valence-corrected chi connectivity index (χ4v) is 10.4. The molecule has 0 aliphatic carbocycles. The van der Waals surface area contributed by atoms with Gasteiger partial charge in [-0.15, -0.1) is 22.7 Å². The van der Waals surface area contributed by atoms with Crippen LogP contribution in [0.15, 0.2) is 182 Å². The van der Waals surface area contributed by atoms with Crippen molar-refractivity contribution in [2.45, 2.75) is 0 Å². The van der Waals surface area contributed by atoms with Crippen molar-refractivity contribution in [1.29, 1.82) is 0 Å². The normalized spacial score (nSPS) is 11.8. The van der Waals surface area contributed by atoms with E-state index in [9.17, 15) is 0 Å². The topological polar surface area (TPSA) is 8.17 Å². The molecule has 0 spiro atoms. The van der Waals surface area contributed by atoms with Gasteiger partial charge in [0.15, 0.2) is 0 Å². The molecule has 0 fully saturated rings. The van der Waals surface area contributed by atoms with Crippen molar-refractivity contribution in [3.63, 3.8) is 0 Å². The van der Waals surface area contributed by atoms with Crippen LogP contribution in [0.2, 0.25) is 0 Å². The van der Waals surface area contributed by atoms with Gasteiger partial charge in [0.05, 0.1) is 16.7 Å². The summed E-state index contributed by atoms with van der Waals surface area (Å²) in [5.41, 5.74) is 9.51. The molecule has 0 aliphatic rings. The van der Waals surface area contributed by atoms with Crippen LogP contribution in [0.25, 0.3) is 79.0 Å². The smallest absolute Gasteiger partial charge is 0.0555 e. The predicted octanol–water partition coefficient (Wildman–Crippen LogP) is 14.7. The van der Waals surface area contributed by atoms with Gasteiger partial charge in [-0.1, -0.05) is 109 Å². The highest BCUT2D eigenvalue weighted by molar-refractivity contribution is 7.26. The lowest BCUT2D eigenvalue weighted by Crippen LogP contribution is -2.10. The highest BCUT2D eigenvalue weighted by Crippen LogP contribution is 2.49. The summed E-state index contributed by atoms with van der Waals surface area (Å²) >= 11 is 3.75. The molecule has 0 saturated heterocycles. The molecule has 2 nitrogen and oxygen atoms in total. The first-order chi connectivity index (χ1) is 25.8. The van der Waals surface area contributed by atoms with Gasteiger partial charge >= 0.3 is 0 Å². The number of hydrogen-bond acceptors (Lipinski definition) is 3. The number of nitrogens with zero attached hydrogens (tertiary/aromatic N) is 2. The Hall–Kier alpha value is -6.20. The Morgan fingerprint density at radius 1 is 0.404 bits per heavy atom. The van der Waals surface area contributed by atoms with Crippen molar-refractivity contribution in [3.8, 4) is 16.8 Å². The molecule has 244 valence electrons. The molecule has 0 bridgehead atoms. The quantitative estimate of drug-likeness (QED) is 0.174. The Balaban J connectivity index is 1.17. The molecule has 8 aromatic carbocycles. The molecule has 52 heavy (non-hydrogen) atoms. The number of thiophene rings is 2. The predicted molar refractivity (Wildman–Crippen MR) is 227 cm³/mol. The summed E-state index contributed by atoms with van der Waals surface area (Å²) in [6, 6.07) is 66.6. The van der Waals surface area contributed by atoms with E-state index in [0.717, 1.165) is 17.1 Å². The zero-order valence-electron chi connectivity index (χ0n) is 28.0. The zero-order chi connectivity index (χ0) is 34.2. The van der Waals surface area contributed by atoms with Gasteiger partial charge in [0.25, 0.3) is 0 Å². The summed E-state index contributed by atoms with van der Waals surface area (Å²) in [5, 5.41) is 7.69. The Morgan fingerprint density at radius 2 is 0.981 bits per heavy atom. The average Bonchev–Trinajstić information content (AvgIpc) is 3.89. The van der Waals surface area contributed by atoms with Crippen molar-refractivity contribution in [2.24, 2.45) is 0 Å². The first-order valence-corrected chi connectivity index (χ1v) is 19.2. The minimum absolute atomic E-state index is 1.12. The molecule has 11 aromatic rings. The first kappa shape index (κ1) is 29.5. The van der Waals surface area contributed by atoms with Gasteiger partial charge in [-0.3, -0.25) is 0 Å². The molecule has 0 unspecified atom stereocenters. The molecule has 0 atom stereocenters. The van der Waals surface area contributed by atoms with Crippen LogP contribution in [0.4, 0.5) is 17.1 Å². The summed E-state index contributed by atoms with van der Waals surface area (Å²) < 4.78 is 7.61. The van der Waals surface area contributed by atoms with Crippen molar-refractivity contribution in [1.82, 2.24) is 4.57 Å². The molecular formula is C48H30N2S2. The second-order valence-electron chi connectivity index (χ2n) is 13.3. The molecule has 0 aliphatic heterocycles. The fraction of sp³-hybridized carbons (Fsp3) is 0. The maximum absolute atomic E-state index is 2.47. The Bertz CT molecular complexity index is 3080. The van der Waals surface area contributed by atoms with E-state index in [1.165, 1.54) is 79.0 Å². The van der Waals surface area contributed by atoms with Gasteiger partial charge in [0, 0.05) is 68.2 Å². The average molecular weight is 699 g/mol. The molecule has 0 radical (unpaired) electrons. The zero-order valence-corrected chi connectivity index (χ0v) is 29.7. The van der Waals surface area contributed by atoms with E-state index >= 15 is 0 Å². The Labute approximate surface area is 308 Å². The summed E-state index contributed by atoms with van der Waals surface area (Å²) in [6.07, 6.45) is 0. The highest BCUT2D eigenvalue weighted by Gasteiger charge is 2.22. The minimum Gasteiger partial charge on any atom is -0.310 e.